The molecule has 0 spiro atoms. The van der Waals surface area contributed by atoms with Gasteiger partial charge < -0.3 is 4.74 Å². The van der Waals surface area contributed by atoms with Gasteiger partial charge in [-0.15, -0.1) is 0 Å². The van der Waals surface area contributed by atoms with Gasteiger partial charge in [0.1, 0.15) is 6.10 Å². The van der Waals surface area contributed by atoms with Crippen LogP contribution in [0.25, 0.3) is 0 Å². The number of hydrogen-bond acceptors (Lipinski definition) is 3. The molecule has 4 nitrogen and oxygen atoms in total. The first kappa shape index (κ1) is 11.9. The Bertz CT molecular complexity index is 344. The number of rotatable bonds is 5. The molecule has 1 atom stereocenters. The predicted molar refractivity (Wildman–Crippen MR) is 57.6 cm³/mol. The molecule has 1 aromatic heterocycles. The highest BCUT2D eigenvalue weighted by Gasteiger charge is 2.22. The lowest BCUT2D eigenvalue weighted by atomic mass is 10.0. The summed E-state index contributed by atoms with van der Waals surface area (Å²) in [6, 6.07) is 0. The maximum Gasteiger partial charge on any atom is 0.166 e. The number of ketones is 1. The van der Waals surface area contributed by atoms with Gasteiger partial charge in [-0.25, -0.2) is 0 Å². The van der Waals surface area contributed by atoms with E-state index in [0.717, 1.165) is 17.7 Å². The van der Waals surface area contributed by atoms with E-state index in [1.807, 2.05) is 20.9 Å². The van der Waals surface area contributed by atoms with E-state index in [4.69, 9.17) is 4.74 Å². The van der Waals surface area contributed by atoms with E-state index in [1.54, 1.807) is 18.0 Å². The summed E-state index contributed by atoms with van der Waals surface area (Å²) in [4.78, 5) is 11.8. The van der Waals surface area contributed by atoms with Crippen molar-refractivity contribution in [3.05, 3.63) is 17.5 Å². The highest BCUT2D eigenvalue weighted by molar-refractivity contribution is 5.84. The lowest BCUT2D eigenvalue weighted by molar-refractivity contribution is -0.129. The molecule has 0 aliphatic rings. The number of carbonyl (C=O) groups is 1. The van der Waals surface area contributed by atoms with Gasteiger partial charge in [0, 0.05) is 31.8 Å². The normalized spacial score (nSPS) is 12.8. The van der Waals surface area contributed by atoms with Gasteiger partial charge in [-0.05, 0) is 13.3 Å². The SMILES string of the molecule is CCCC(=O)C(OC)c1cnn(C)c1C. The van der Waals surface area contributed by atoms with Crippen LogP contribution in [0.3, 0.4) is 0 Å². The molecule has 1 rings (SSSR count). The molecule has 0 saturated heterocycles. The molecule has 4 heteroatoms. The lowest BCUT2D eigenvalue weighted by Crippen LogP contribution is -2.15. The Morgan fingerprint density at radius 2 is 2.33 bits per heavy atom. The third-order valence-corrected chi connectivity index (χ3v) is 2.58. The third-order valence-electron chi connectivity index (χ3n) is 2.58. The number of Topliss-reactive ketones (excluding diaryl/α,β-unsaturated/α-hetero) is 1. The van der Waals surface area contributed by atoms with Crippen LogP contribution in [0.15, 0.2) is 6.20 Å². The summed E-state index contributed by atoms with van der Waals surface area (Å²) in [6.07, 6.45) is 2.64. The predicted octanol–water partition coefficient (Wildman–Crippen LogP) is 1.79. The van der Waals surface area contributed by atoms with Gasteiger partial charge >= 0.3 is 0 Å². The fourth-order valence-electron chi connectivity index (χ4n) is 1.58. The molecule has 0 aromatic carbocycles. The minimum atomic E-state index is -0.460. The van der Waals surface area contributed by atoms with Gasteiger partial charge in [0.25, 0.3) is 0 Å². The maximum absolute atomic E-state index is 11.8. The summed E-state index contributed by atoms with van der Waals surface area (Å²) in [5.74, 6) is 0.121. The zero-order valence-electron chi connectivity index (χ0n) is 9.78. The average molecular weight is 210 g/mol. The van der Waals surface area contributed by atoms with Crippen LogP contribution in [0.5, 0.6) is 0 Å². The number of aryl methyl sites for hydroxylation is 1. The first-order valence-corrected chi connectivity index (χ1v) is 5.15. The molecule has 0 saturated carbocycles. The van der Waals surface area contributed by atoms with Gasteiger partial charge in [-0.3, -0.25) is 9.48 Å². The monoisotopic (exact) mass is 210 g/mol. The van der Waals surface area contributed by atoms with E-state index in [2.05, 4.69) is 5.10 Å². The van der Waals surface area contributed by atoms with Crippen LogP contribution in [-0.4, -0.2) is 22.7 Å². The Balaban J connectivity index is 2.92. The molecule has 0 amide bonds. The van der Waals surface area contributed by atoms with Crippen LogP contribution in [0.2, 0.25) is 0 Å². The van der Waals surface area contributed by atoms with Crippen molar-refractivity contribution in [1.29, 1.82) is 0 Å². The minimum absolute atomic E-state index is 0.121. The fraction of sp³-hybridized carbons (Fsp3) is 0.636. The molecule has 0 aliphatic carbocycles. The van der Waals surface area contributed by atoms with Crippen molar-refractivity contribution in [2.75, 3.05) is 7.11 Å². The molecule has 0 aliphatic heterocycles. The molecule has 1 heterocycles. The molecule has 84 valence electrons. The quantitative estimate of drug-likeness (QED) is 0.744. The number of aromatic nitrogens is 2. The first-order valence-electron chi connectivity index (χ1n) is 5.15. The van der Waals surface area contributed by atoms with Gasteiger partial charge in [-0.1, -0.05) is 6.92 Å². The fourth-order valence-corrected chi connectivity index (χ4v) is 1.58. The Hall–Kier alpha value is -1.16. The molecular weight excluding hydrogens is 192 g/mol. The molecule has 1 unspecified atom stereocenters. The minimum Gasteiger partial charge on any atom is -0.369 e. The number of hydrogen-bond donors (Lipinski definition) is 0. The number of nitrogens with zero attached hydrogens (tertiary/aromatic N) is 2. The topological polar surface area (TPSA) is 44.1 Å². The summed E-state index contributed by atoms with van der Waals surface area (Å²) in [5, 5.41) is 4.11. The zero-order valence-corrected chi connectivity index (χ0v) is 9.78. The molecular formula is C11H18N2O2. The second-order valence-electron chi connectivity index (χ2n) is 3.64. The van der Waals surface area contributed by atoms with Crippen molar-refractivity contribution in [3.8, 4) is 0 Å². The summed E-state index contributed by atoms with van der Waals surface area (Å²) in [6.45, 7) is 3.92. The highest BCUT2D eigenvalue weighted by Crippen LogP contribution is 2.22. The summed E-state index contributed by atoms with van der Waals surface area (Å²) in [5.41, 5.74) is 1.85. The zero-order chi connectivity index (χ0) is 11.4. The van der Waals surface area contributed by atoms with Crippen LogP contribution in [0.1, 0.15) is 37.1 Å². The van der Waals surface area contributed by atoms with Crippen LogP contribution in [-0.2, 0) is 16.6 Å². The van der Waals surface area contributed by atoms with E-state index < -0.39 is 6.10 Å². The molecule has 1 aromatic rings. The maximum atomic E-state index is 11.8. The van der Waals surface area contributed by atoms with Crippen LogP contribution >= 0.6 is 0 Å². The van der Waals surface area contributed by atoms with Gasteiger partial charge in [-0.2, -0.15) is 5.10 Å². The average Bonchev–Trinajstić information content (AvgIpc) is 2.51. The lowest BCUT2D eigenvalue weighted by Gasteiger charge is -2.13. The van der Waals surface area contributed by atoms with E-state index in [0.29, 0.717) is 6.42 Å². The molecule has 0 N–H and O–H groups in total. The number of carbonyl (C=O) groups excluding carboxylic acids is 1. The summed E-state index contributed by atoms with van der Waals surface area (Å²) >= 11 is 0. The number of ether oxygens (including phenoxy) is 1. The summed E-state index contributed by atoms with van der Waals surface area (Å²) < 4.78 is 6.99. The third kappa shape index (κ3) is 2.45. The molecule has 0 fully saturated rings. The van der Waals surface area contributed by atoms with E-state index in [-0.39, 0.29) is 5.78 Å². The van der Waals surface area contributed by atoms with Gasteiger partial charge in [0.2, 0.25) is 0 Å². The van der Waals surface area contributed by atoms with E-state index in [1.165, 1.54) is 0 Å². The summed E-state index contributed by atoms with van der Waals surface area (Å²) in [7, 11) is 3.42. The Morgan fingerprint density at radius 1 is 1.67 bits per heavy atom. The Labute approximate surface area is 90.2 Å². The van der Waals surface area contributed by atoms with E-state index >= 15 is 0 Å². The van der Waals surface area contributed by atoms with Crippen molar-refractivity contribution in [3.63, 3.8) is 0 Å². The molecule has 0 radical (unpaired) electrons. The smallest absolute Gasteiger partial charge is 0.166 e. The molecule has 15 heavy (non-hydrogen) atoms. The van der Waals surface area contributed by atoms with Crippen LogP contribution in [0, 0.1) is 6.92 Å². The second kappa shape index (κ2) is 5.07. The van der Waals surface area contributed by atoms with E-state index in [9.17, 15) is 4.79 Å². The van der Waals surface area contributed by atoms with Crippen molar-refractivity contribution in [2.24, 2.45) is 7.05 Å². The van der Waals surface area contributed by atoms with Crippen LogP contribution in [0.4, 0.5) is 0 Å². The Kier molecular flexibility index (Phi) is 4.03. The standard InChI is InChI=1S/C11H18N2O2/c1-5-6-10(14)11(15-4)9-7-12-13(3)8(9)2/h7,11H,5-6H2,1-4H3. The van der Waals surface area contributed by atoms with Gasteiger partial charge in [0.05, 0.1) is 6.20 Å². The van der Waals surface area contributed by atoms with Crippen molar-refractivity contribution < 1.29 is 9.53 Å². The largest absolute Gasteiger partial charge is 0.369 e. The van der Waals surface area contributed by atoms with Crippen molar-refractivity contribution in [1.82, 2.24) is 9.78 Å². The number of methoxy groups -OCH3 is 1. The van der Waals surface area contributed by atoms with Crippen molar-refractivity contribution >= 4 is 5.78 Å². The second-order valence-corrected chi connectivity index (χ2v) is 3.64. The van der Waals surface area contributed by atoms with Crippen LogP contribution < -0.4 is 0 Å². The Morgan fingerprint density at radius 3 is 2.73 bits per heavy atom. The van der Waals surface area contributed by atoms with Crippen molar-refractivity contribution in [2.45, 2.75) is 32.8 Å². The molecule has 0 bridgehead atoms. The van der Waals surface area contributed by atoms with Gasteiger partial charge in [0.15, 0.2) is 5.78 Å². The first-order chi connectivity index (χ1) is 7.11. The highest BCUT2D eigenvalue weighted by atomic mass is 16.5.